The molecule has 1 saturated heterocycles. The summed E-state index contributed by atoms with van der Waals surface area (Å²) in [6.45, 7) is 1.81. The topological polar surface area (TPSA) is 91.3 Å². The van der Waals surface area contributed by atoms with Gasteiger partial charge in [0.1, 0.15) is 5.82 Å². The normalized spacial score (nSPS) is 15.2. The van der Waals surface area contributed by atoms with Gasteiger partial charge in [0.2, 0.25) is 16.0 Å². The SMILES string of the molecule is CN(Cc1cncs1)C1CCN(S(=O)(=O)c2ccc(Nc3nccc(-c4ccc(F)cc4)n3)cc2)CC1. The molecule has 2 aromatic carbocycles. The van der Waals surface area contributed by atoms with Gasteiger partial charge < -0.3 is 5.32 Å². The van der Waals surface area contributed by atoms with Crippen molar-refractivity contribution >= 4 is 33.0 Å². The van der Waals surface area contributed by atoms with Crippen LogP contribution < -0.4 is 5.32 Å². The Bertz CT molecular complexity index is 1420. The lowest BCUT2D eigenvalue weighted by atomic mass is 10.1. The minimum Gasteiger partial charge on any atom is -0.324 e. The molecule has 4 aromatic rings. The Hall–Kier alpha value is -3.25. The highest BCUT2D eigenvalue weighted by molar-refractivity contribution is 7.89. The maximum Gasteiger partial charge on any atom is 0.243 e. The number of nitrogens with zero attached hydrogens (tertiary/aromatic N) is 5. The van der Waals surface area contributed by atoms with Gasteiger partial charge in [-0.3, -0.25) is 9.88 Å². The second-order valence-electron chi connectivity index (χ2n) is 8.94. The van der Waals surface area contributed by atoms with Crippen molar-refractivity contribution in [3.8, 4) is 11.3 Å². The molecule has 1 aliphatic heterocycles. The van der Waals surface area contributed by atoms with E-state index in [1.807, 2.05) is 11.7 Å². The standard InChI is InChI=1S/C26H27FN6O2S2/c1-32(17-23-16-28-18-36-23)22-11-14-33(15-12-22)37(34,35)24-8-6-21(7-9-24)30-26-29-13-10-25(31-26)19-2-4-20(27)5-3-19/h2-10,13,16,18,22H,11-12,14-15,17H2,1H3,(H,29,30,31). The highest BCUT2D eigenvalue weighted by Gasteiger charge is 2.30. The number of aromatic nitrogens is 3. The molecule has 37 heavy (non-hydrogen) atoms. The predicted octanol–water partition coefficient (Wildman–Crippen LogP) is 4.77. The Labute approximate surface area is 219 Å². The van der Waals surface area contributed by atoms with Gasteiger partial charge in [-0.2, -0.15) is 4.31 Å². The van der Waals surface area contributed by atoms with Crippen molar-refractivity contribution in [1.29, 1.82) is 0 Å². The van der Waals surface area contributed by atoms with Gasteiger partial charge in [-0.1, -0.05) is 0 Å². The minimum absolute atomic E-state index is 0.260. The molecule has 1 fully saturated rings. The summed E-state index contributed by atoms with van der Waals surface area (Å²) in [5.41, 5.74) is 3.92. The second kappa shape index (κ2) is 11.0. The molecule has 192 valence electrons. The second-order valence-corrected chi connectivity index (χ2v) is 11.8. The van der Waals surface area contributed by atoms with E-state index < -0.39 is 10.0 Å². The van der Waals surface area contributed by atoms with Crippen molar-refractivity contribution in [2.24, 2.45) is 0 Å². The zero-order valence-electron chi connectivity index (χ0n) is 20.3. The number of anilines is 2. The number of thiazole rings is 1. The Morgan fingerprint density at radius 1 is 1.08 bits per heavy atom. The molecule has 0 aliphatic carbocycles. The van der Waals surface area contributed by atoms with Gasteiger partial charge in [0.15, 0.2) is 0 Å². The van der Waals surface area contributed by atoms with E-state index in [9.17, 15) is 12.8 Å². The predicted molar refractivity (Wildman–Crippen MR) is 143 cm³/mol. The number of sulfonamides is 1. The Kier molecular flexibility index (Phi) is 7.56. The summed E-state index contributed by atoms with van der Waals surface area (Å²) in [6, 6.07) is 14.8. The summed E-state index contributed by atoms with van der Waals surface area (Å²) in [5, 5.41) is 3.11. The third-order valence-electron chi connectivity index (χ3n) is 6.48. The van der Waals surface area contributed by atoms with E-state index >= 15 is 0 Å². The summed E-state index contributed by atoms with van der Waals surface area (Å²) in [7, 11) is -1.50. The minimum atomic E-state index is -3.58. The van der Waals surface area contributed by atoms with Crippen LogP contribution in [0.2, 0.25) is 0 Å². The van der Waals surface area contributed by atoms with Crippen molar-refractivity contribution in [3.63, 3.8) is 0 Å². The number of piperidine rings is 1. The fourth-order valence-electron chi connectivity index (χ4n) is 4.41. The van der Waals surface area contributed by atoms with Crippen molar-refractivity contribution in [1.82, 2.24) is 24.2 Å². The third kappa shape index (κ3) is 6.02. The van der Waals surface area contributed by atoms with Crippen LogP contribution in [0.1, 0.15) is 17.7 Å². The van der Waals surface area contributed by atoms with Crippen LogP contribution in [-0.4, -0.2) is 58.8 Å². The molecule has 0 saturated carbocycles. The van der Waals surface area contributed by atoms with Crippen LogP contribution in [-0.2, 0) is 16.6 Å². The van der Waals surface area contributed by atoms with Gasteiger partial charge in [-0.25, -0.2) is 22.8 Å². The van der Waals surface area contributed by atoms with E-state index in [2.05, 4.69) is 32.2 Å². The van der Waals surface area contributed by atoms with E-state index in [0.717, 1.165) is 24.9 Å². The van der Waals surface area contributed by atoms with Crippen LogP contribution in [0.5, 0.6) is 0 Å². The van der Waals surface area contributed by atoms with E-state index in [-0.39, 0.29) is 10.7 Å². The van der Waals surface area contributed by atoms with Crippen LogP contribution in [0, 0.1) is 5.82 Å². The zero-order chi connectivity index (χ0) is 25.8. The molecule has 0 unspecified atom stereocenters. The van der Waals surface area contributed by atoms with E-state index in [4.69, 9.17) is 0 Å². The molecule has 0 spiro atoms. The number of rotatable bonds is 8. The quantitative estimate of drug-likeness (QED) is 0.346. The number of hydrogen-bond donors (Lipinski definition) is 1. The lowest BCUT2D eigenvalue weighted by Crippen LogP contribution is -2.45. The van der Waals surface area contributed by atoms with Crippen LogP contribution in [0.3, 0.4) is 0 Å². The molecule has 5 rings (SSSR count). The molecule has 2 aromatic heterocycles. The highest BCUT2D eigenvalue weighted by atomic mass is 32.2. The number of nitrogens with one attached hydrogen (secondary N) is 1. The molecular formula is C26H27FN6O2S2. The number of hydrogen-bond acceptors (Lipinski definition) is 8. The average molecular weight is 539 g/mol. The smallest absolute Gasteiger partial charge is 0.243 e. The Morgan fingerprint density at radius 3 is 2.49 bits per heavy atom. The summed E-state index contributed by atoms with van der Waals surface area (Å²) in [6.07, 6.45) is 5.07. The first-order valence-corrected chi connectivity index (χ1v) is 14.2. The fourth-order valence-corrected chi connectivity index (χ4v) is 6.53. The number of halogens is 1. The molecular weight excluding hydrogens is 511 g/mol. The Morgan fingerprint density at radius 2 is 1.81 bits per heavy atom. The first-order chi connectivity index (χ1) is 17.9. The Balaban J connectivity index is 1.20. The summed E-state index contributed by atoms with van der Waals surface area (Å²) < 4.78 is 41.3. The number of benzene rings is 2. The van der Waals surface area contributed by atoms with Crippen molar-refractivity contribution < 1.29 is 12.8 Å². The molecule has 0 radical (unpaired) electrons. The average Bonchev–Trinajstić information content (AvgIpc) is 3.43. The van der Waals surface area contributed by atoms with Crippen LogP contribution in [0.4, 0.5) is 16.0 Å². The fraction of sp³-hybridized carbons (Fsp3) is 0.269. The van der Waals surface area contributed by atoms with Crippen molar-refractivity contribution in [2.45, 2.75) is 30.3 Å². The van der Waals surface area contributed by atoms with Gasteiger partial charge in [0, 0.05) is 54.2 Å². The van der Waals surface area contributed by atoms with Gasteiger partial charge in [0.05, 0.1) is 16.1 Å². The highest BCUT2D eigenvalue weighted by Crippen LogP contribution is 2.26. The van der Waals surface area contributed by atoms with E-state index in [1.54, 1.807) is 64.3 Å². The van der Waals surface area contributed by atoms with Gasteiger partial charge in [-0.05, 0) is 74.5 Å². The van der Waals surface area contributed by atoms with Crippen molar-refractivity contribution in [3.05, 3.63) is 83.2 Å². The van der Waals surface area contributed by atoms with E-state index in [0.29, 0.717) is 36.5 Å². The summed E-state index contributed by atoms with van der Waals surface area (Å²) in [4.78, 5) is 16.6. The van der Waals surface area contributed by atoms with Crippen LogP contribution >= 0.6 is 11.3 Å². The van der Waals surface area contributed by atoms with Gasteiger partial charge >= 0.3 is 0 Å². The van der Waals surface area contributed by atoms with Gasteiger partial charge in [-0.15, -0.1) is 11.3 Å². The largest absolute Gasteiger partial charge is 0.324 e. The first-order valence-electron chi connectivity index (χ1n) is 11.9. The molecule has 0 amide bonds. The van der Waals surface area contributed by atoms with Crippen LogP contribution in [0.15, 0.2) is 77.4 Å². The molecule has 3 heterocycles. The monoisotopic (exact) mass is 538 g/mol. The molecule has 11 heteroatoms. The van der Waals surface area contributed by atoms with Crippen molar-refractivity contribution in [2.75, 3.05) is 25.5 Å². The zero-order valence-corrected chi connectivity index (χ0v) is 21.9. The maximum absolute atomic E-state index is 13.2. The summed E-state index contributed by atoms with van der Waals surface area (Å²) in [5.74, 6) is 0.0526. The maximum atomic E-state index is 13.2. The lowest BCUT2D eigenvalue weighted by molar-refractivity contribution is 0.163. The third-order valence-corrected chi connectivity index (χ3v) is 9.16. The summed E-state index contributed by atoms with van der Waals surface area (Å²) >= 11 is 1.63. The van der Waals surface area contributed by atoms with E-state index in [1.165, 1.54) is 17.0 Å². The first kappa shape index (κ1) is 25.4. The van der Waals surface area contributed by atoms with Crippen LogP contribution in [0.25, 0.3) is 11.3 Å². The molecule has 1 N–H and O–H groups in total. The van der Waals surface area contributed by atoms with Gasteiger partial charge in [0.25, 0.3) is 0 Å². The molecule has 8 nitrogen and oxygen atoms in total. The molecule has 1 aliphatic rings. The lowest BCUT2D eigenvalue weighted by Gasteiger charge is -2.36. The molecule has 0 bridgehead atoms. The molecule has 0 atom stereocenters.